The van der Waals surface area contributed by atoms with E-state index in [1.807, 2.05) is 36.4 Å². The molecule has 108 valence electrons. The van der Waals surface area contributed by atoms with Crippen LogP contribution in [0.25, 0.3) is 11.0 Å². The van der Waals surface area contributed by atoms with Gasteiger partial charge in [0, 0.05) is 10.3 Å². The maximum atomic E-state index is 12.1. The molecule has 0 aliphatic carbocycles. The van der Waals surface area contributed by atoms with Crippen molar-refractivity contribution in [2.75, 3.05) is 0 Å². The van der Waals surface area contributed by atoms with E-state index in [9.17, 15) is 9.59 Å². The van der Waals surface area contributed by atoms with Gasteiger partial charge in [0.2, 0.25) is 0 Å². The van der Waals surface area contributed by atoms with Crippen molar-refractivity contribution in [1.29, 1.82) is 0 Å². The van der Waals surface area contributed by atoms with Crippen LogP contribution in [0.2, 0.25) is 0 Å². The summed E-state index contributed by atoms with van der Waals surface area (Å²) in [4.78, 5) is 25.0. The lowest BCUT2D eigenvalue weighted by Crippen LogP contribution is -2.11. The Kier molecular flexibility index (Phi) is 4.21. The maximum absolute atomic E-state index is 12.1. The highest BCUT2D eigenvalue weighted by atomic mass is 32.2. The van der Waals surface area contributed by atoms with Crippen LogP contribution in [0, 0.1) is 0 Å². The Morgan fingerprint density at radius 1 is 1.00 bits per heavy atom. The number of para-hydroxylation sites is 1. The van der Waals surface area contributed by atoms with Gasteiger partial charge in [-0.3, -0.25) is 4.79 Å². The molecule has 2 aromatic carbocycles. The number of carbonyl (C=O) groups excluding carboxylic acids is 1. The van der Waals surface area contributed by atoms with E-state index < -0.39 is 5.63 Å². The van der Waals surface area contributed by atoms with Gasteiger partial charge in [-0.25, -0.2) is 4.79 Å². The van der Waals surface area contributed by atoms with Gasteiger partial charge in [-0.05, 0) is 35.7 Å². The Morgan fingerprint density at radius 3 is 2.55 bits per heavy atom. The Labute approximate surface area is 131 Å². The summed E-state index contributed by atoms with van der Waals surface area (Å²) < 4.78 is 5.16. The molecule has 22 heavy (non-hydrogen) atoms. The van der Waals surface area contributed by atoms with Crippen LogP contribution in [0.15, 0.2) is 86.3 Å². The van der Waals surface area contributed by atoms with Gasteiger partial charge in [0.25, 0.3) is 0 Å². The van der Waals surface area contributed by atoms with Crippen LogP contribution in [-0.4, -0.2) is 5.78 Å². The fraction of sp³-hybridized carbons (Fsp3) is 0. The van der Waals surface area contributed by atoms with Gasteiger partial charge in [-0.1, -0.05) is 48.2 Å². The van der Waals surface area contributed by atoms with Gasteiger partial charge in [-0.15, -0.1) is 0 Å². The molecule has 3 aromatic rings. The SMILES string of the molecule is O=C(/C=C/Sc1ccccc1)c1cc2ccccc2oc1=O. The lowest BCUT2D eigenvalue weighted by Gasteiger charge is -1.98. The number of hydrogen-bond acceptors (Lipinski definition) is 4. The van der Waals surface area contributed by atoms with Crippen LogP contribution < -0.4 is 5.63 Å². The minimum Gasteiger partial charge on any atom is -0.422 e. The third-order valence-corrected chi connectivity index (χ3v) is 3.89. The quantitative estimate of drug-likeness (QED) is 0.312. The van der Waals surface area contributed by atoms with E-state index in [0.29, 0.717) is 5.58 Å². The molecule has 3 rings (SSSR count). The molecule has 1 aromatic heterocycles. The summed E-state index contributed by atoms with van der Waals surface area (Å²) in [7, 11) is 0. The highest BCUT2D eigenvalue weighted by molar-refractivity contribution is 8.02. The minimum atomic E-state index is -0.613. The molecule has 0 radical (unpaired) electrons. The second-order valence-electron chi connectivity index (χ2n) is 4.58. The molecule has 0 spiro atoms. The topological polar surface area (TPSA) is 47.3 Å². The first-order valence-corrected chi connectivity index (χ1v) is 7.57. The number of benzene rings is 2. The van der Waals surface area contributed by atoms with Crippen LogP contribution in [0.1, 0.15) is 10.4 Å². The van der Waals surface area contributed by atoms with Crippen molar-refractivity contribution in [2.45, 2.75) is 4.90 Å². The van der Waals surface area contributed by atoms with Crippen LogP contribution in [0.4, 0.5) is 0 Å². The highest BCUT2D eigenvalue weighted by Crippen LogP contribution is 2.18. The van der Waals surface area contributed by atoms with Gasteiger partial charge < -0.3 is 4.42 Å². The summed E-state index contributed by atoms with van der Waals surface area (Å²) in [5.41, 5.74) is -0.0895. The third kappa shape index (κ3) is 3.18. The molecule has 0 saturated carbocycles. The van der Waals surface area contributed by atoms with Crippen molar-refractivity contribution < 1.29 is 9.21 Å². The molecule has 0 saturated heterocycles. The highest BCUT2D eigenvalue weighted by Gasteiger charge is 2.10. The molecular formula is C18H12O3S. The second-order valence-corrected chi connectivity index (χ2v) is 5.56. The monoisotopic (exact) mass is 308 g/mol. The Morgan fingerprint density at radius 2 is 1.73 bits per heavy atom. The molecule has 1 heterocycles. The van der Waals surface area contributed by atoms with Crippen LogP contribution in [0.5, 0.6) is 0 Å². The van der Waals surface area contributed by atoms with Crippen molar-refractivity contribution in [1.82, 2.24) is 0 Å². The van der Waals surface area contributed by atoms with E-state index in [1.54, 1.807) is 29.7 Å². The summed E-state index contributed by atoms with van der Waals surface area (Å²) >= 11 is 1.42. The average Bonchev–Trinajstić information content (AvgIpc) is 2.55. The van der Waals surface area contributed by atoms with Gasteiger partial charge in [-0.2, -0.15) is 0 Å². The molecule has 0 atom stereocenters. The van der Waals surface area contributed by atoms with E-state index in [0.717, 1.165) is 10.3 Å². The Bertz CT molecular complexity index is 895. The summed E-state index contributed by atoms with van der Waals surface area (Å²) in [6.45, 7) is 0. The van der Waals surface area contributed by atoms with Gasteiger partial charge in [0.15, 0.2) is 5.78 Å². The van der Waals surface area contributed by atoms with Crippen LogP contribution >= 0.6 is 11.8 Å². The van der Waals surface area contributed by atoms with Crippen molar-refractivity contribution >= 4 is 28.5 Å². The van der Waals surface area contributed by atoms with Gasteiger partial charge >= 0.3 is 5.63 Å². The molecule has 0 N–H and O–H groups in total. The number of rotatable bonds is 4. The summed E-state index contributed by atoms with van der Waals surface area (Å²) in [5.74, 6) is -0.358. The normalized spacial score (nSPS) is 11.1. The minimum absolute atomic E-state index is 0.0450. The van der Waals surface area contributed by atoms with E-state index in [4.69, 9.17) is 4.42 Å². The maximum Gasteiger partial charge on any atom is 0.347 e. The molecule has 0 aliphatic rings. The number of fused-ring (bicyclic) bond motifs is 1. The Balaban J connectivity index is 1.83. The van der Waals surface area contributed by atoms with E-state index >= 15 is 0 Å². The second kappa shape index (κ2) is 6.45. The number of thioether (sulfide) groups is 1. The zero-order valence-electron chi connectivity index (χ0n) is 11.6. The zero-order valence-corrected chi connectivity index (χ0v) is 12.4. The lowest BCUT2D eigenvalue weighted by molar-refractivity contribution is 0.104. The predicted molar refractivity (Wildman–Crippen MR) is 88.3 cm³/mol. The van der Waals surface area contributed by atoms with E-state index in [-0.39, 0.29) is 11.3 Å². The molecule has 3 nitrogen and oxygen atoms in total. The number of allylic oxidation sites excluding steroid dienone is 1. The average molecular weight is 308 g/mol. The molecule has 0 amide bonds. The molecule has 0 bridgehead atoms. The number of carbonyl (C=O) groups is 1. The first-order chi connectivity index (χ1) is 10.7. The zero-order chi connectivity index (χ0) is 15.4. The molecular weight excluding hydrogens is 296 g/mol. The fourth-order valence-electron chi connectivity index (χ4n) is 2.00. The molecule has 0 fully saturated rings. The van der Waals surface area contributed by atoms with Crippen molar-refractivity contribution in [3.8, 4) is 0 Å². The van der Waals surface area contributed by atoms with Crippen LogP contribution in [0.3, 0.4) is 0 Å². The molecule has 0 unspecified atom stereocenters. The summed E-state index contributed by atoms with van der Waals surface area (Å²) in [5, 5.41) is 2.40. The van der Waals surface area contributed by atoms with Crippen molar-refractivity contribution in [3.05, 3.63) is 88.1 Å². The van der Waals surface area contributed by atoms with Crippen molar-refractivity contribution in [2.24, 2.45) is 0 Å². The first-order valence-electron chi connectivity index (χ1n) is 6.69. The predicted octanol–water partition coefficient (Wildman–Crippen LogP) is 4.28. The fourth-order valence-corrected chi connectivity index (χ4v) is 2.66. The summed E-state index contributed by atoms with van der Waals surface area (Å²) in [6, 6.07) is 18.4. The number of hydrogen-bond donors (Lipinski definition) is 0. The standard InChI is InChI=1S/C18H12O3S/c19-16(10-11-22-14-7-2-1-3-8-14)15-12-13-6-4-5-9-17(13)21-18(15)20/h1-12H/b11-10+. The van der Waals surface area contributed by atoms with E-state index in [2.05, 4.69) is 0 Å². The number of ketones is 1. The smallest absolute Gasteiger partial charge is 0.347 e. The van der Waals surface area contributed by atoms with Crippen LogP contribution in [-0.2, 0) is 0 Å². The van der Waals surface area contributed by atoms with E-state index in [1.165, 1.54) is 17.8 Å². The molecule has 0 aliphatic heterocycles. The van der Waals surface area contributed by atoms with Crippen molar-refractivity contribution in [3.63, 3.8) is 0 Å². The Hall–Kier alpha value is -2.59. The lowest BCUT2D eigenvalue weighted by atomic mass is 10.1. The first kappa shape index (κ1) is 14.4. The van der Waals surface area contributed by atoms with Gasteiger partial charge in [0.05, 0.1) is 0 Å². The molecule has 4 heteroatoms. The summed E-state index contributed by atoms with van der Waals surface area (Å²) in [6.07, 6.45) is 1.39. The largest absolute Gasteiger partial charge is 0.422 e. The third-order valence-electron chi connectivity index (χ3n) is 3.07. The van der Waals surface area contributed by atoms with Gasteiger partial charge in [0.1, 0.15) is 11.1 Å².